The fourth-order valence-corrected chi connectivity index (χ4v) is 5.56. The summed E-state index contributed by atoms with van der Waals surface area (Å²) in [6.45, 7) is 2.10. The molecular formula is C25H21N5S. The van der Waals surface area contributed by atoms with Crippen molar-refractivity contribution in [1.29, 1.82) is 0 Å². The summed E-state index contributed by atoms with van der Waals surface area (Å²) in [5, 5.41) is 10.4. The Bertz CT molecular complexity index is 1360. The molecule has 4 heterocycles. The molecule has 1 saturated heterocycles. The number of hydrogen-bond donors (Lipinski definition) is 0. The number of nitrogens with zero attached hydrogens (tertiary/aromatic N) is 5. The average Bonchev–Trinajstić information content (AvgIpc) is 3.24. The Morgan fingerprint density at radius 1 is 0.742 bits per heavy atom. The Hall–Kier alpha value is -3.38. The van der Waals surface area contributed by atoms with Crippen LogP contribution in [0.2, 0.25) is 0 Å². The van der Waals surface area contributed by atoms with Crippen molar-refractivity contribution in [3.63, 3.8) is 0 Å². The average molecular weight is 424 g/mol. The Labute approximate surface area is 184 Å². The van der Waals surface area contributed by atoms with Crippen molar-refractivity contribution in [2.45, 2.75) is 19.3 Å². The lowest BCUT2D eigenvalue weighted by atomic mass is 9.97. The highest BCUT2D eigenvalue weighted by Crippen LogP contribution is 2.44. The van der Waals surface area contributed by atoms with Crippen LogP contribution in [0.25, 0.3) is 42.8 Å². The van der Waals surface area contributed by atoms with Crippen molar-refractivity contribution in [3.05, 3.63) is 67.0 Å². The minimum absolute atomic E-state index is 0.886. The lowest BCUT2D eigenvalue weighted by Gasteiger charge is -2.27. The van der Waals surface area contributed by atoms with Crippen LogP contribution in [0.1, 0.15) is 19.3 Å². The molecule has 1 fully saturated rings. The maximum atomic E-state index is 4.75. The van der Waals surface area contributed by atoms with Crippen LogP contribution in [0, 0.1) is 0 Å². The molecule has 0 amide bonds. The minimum atomic E-state index is 0.886. The first-order valence-electron chi connectivity index (χ1n) is 10.7. The van der Waals surface area contributed by atoms with E-state index < -0.39 is 0 Å². The molecule has 0 bridgehead atoms. The van der Waals surface area contributed by atoms with Gasteiger partial charge in [-0.25, -0.2) is 9.97 Å². The highest BCUT2D eigenvalue weighted by atomic mass is 32.1. The maximum Gasteiger partial charge on any atom is 0.150 e. The molecule has 1 aliphatic rings. The van der Waals surface area contributed by atoms with Crippen LogP contribution in [0.3, 0.4) is 0 Å². The van der Waals surface area contributed by atoms with E-state index >= 15 is 0 Å². The number of anilines is 1. The van der Waals surface area contributed by atoms with Crippen molar-refractivity contribution in [2.75, 3.05) is 18.0 Å². The Morgan fingerprint density at radius 3 is 2.19 bits per heavy atom. The van der Waals surface area contributed by atoms with E-state index in [1.165, 1.54) is 19.3 Å². The molecule has 0 aliphatic carbocycles. The second-order valence-corrected chi connectivity index (χ2v) is 8.86. The van der Waals surface area contributed by atoms with Gasteiger partial charge in [0.2, 0.25) is 0 Å². The highest BCUT2D eigenvalue weighted by molar-refractivity contribution is 7.26. The van der Waals surface area contributed by atoms with Gasteiger partial charge in [0.25, 0.3) is 0 Å². The third-order valence-electron chi connectivity index (χ3n) is 5.93. The van der Waals surface area contributed by atoms with Crippen molar-refractivity contribution in [1.82, 2.24) is 20.2 Å². The van der Waals surface area contributed by atoms with Crippen LogP contribution >= 0.6 is 11.3 Å². The van der Waals surface area contributed by atoms with Crippen LogP contribution in [0.5, 0.6) is 0 Å². The summed E-state index contributed by atoms with van der Waals surface area (Å²) in [5.74, 6) is 1.04. The van der Waals surface area contributed by atoms with Gasteiger partial charge in [0.15, 0.2) is 0 Å². The number of thiophene rings is 1. The quantitative estimate of drug-likeness (QED) is 0.358. The molecule has 0 saturated carbocycles. The largest absolute Gasteiger partial charge is 0.355 e. The molecule has 0 spiro atoms. The van der Waals surface area contributed by atoms with Crippen molar-refractivity contribution < 1.29 is 0 Å². The van der Waals surface area contributed by atoms with Crippen molar-refractivity contribution in [3.8, 4) is 22.4 Å². The van der Waals surface area contributed by atoms with E-state index in [0.717, 1.165) is 61.7 Å². The predicted octanol–water partition coefficient (Wildman–Crippen LogP) is 5.96. The van der Waals surface area contributed by atoms with Crippen LogP contribution in [0.15, 0.2) is 67.0 Å². The van der Waals surface area contributed by atoms with E-state index in [9.17, 15) is 0 Å². The van der Waals surface area contributed by atoms with Gasteiger partial charge in [0, 0.05) is 29.6 Å². The van der Waals surface area contributed by atoms with Crippen LogP contribution in [-0.2, 0) is 0 Å². The summed E-state index contributed by atoms with van der Waals surface area (Å²) in [6.07, 6.45) is 5.42. The SMILES string of the molecule is c1ccc(-c2nnc3sc4c(N5CCCCC5)ncnc4c3c2-c2ccccc2)cc1. The molecule has 0 atom stereocenters. The fraction of sp³-hybridized carbons (Fsp3) is 0.200. The summed E-state index contributed by atoms with van der Waals surface area (Å²) < 4.78 is 1.11. The monoisotopic (exact) mass is 423 g/mol. The lowest BCUT2D eigenvalue weighted by Crippen LogP contribution is -2.30. The summed E-state index contributed by atoms with van der Waals surface area (Å²) in [7, 11) is 0. The molecule has 0 N–H and O–H groups in total. The molecule has 2 aromatic carbocycles. The summed E-state index contributed by atoms with van der Waals surface area (Å²) in [6, 6.07) is 20.7. The highest BCUT2D eigenvalue weighted by Gasteiger charge is 2.23. The molecule has 6 heteroatoms. The number of rotatable bonds is 3. The first-order chi connectivity index (χ1) is 15.4. The van der Waals surface area contributed by atoms with E-state index in [1.807, 2.05) is 24.3 Å². The summed E-state index contributed by atoms with van der Waals surface area (Å²) in [4.78, 5) is 12.7. The number of hydrogen-bond acceptors (Lipinski definition) is 6. The molecular weight excluding hydrogens is 402 g/mol. The molecule has 3 aromatic heterocycles. The predicted molar refractivity (Wildman–Crippen MR) is 127 cm³/mol. The molecule has 6 rings (SSSR count). The summed E-state index contributed by atoms with van der Waals surface area (Å²) in [5.41, 5.74) is 5.13. The molecule has 152 valence electrons. The van der Waals surface area contributed by atoms with Crippen LogP contribution in [-0.4, -0.2) is 33.3 Å². The van der Waals surface area contributed by atoms with Gasteiger partial charge in [0.05, 0.1) is 10.2 Å². The van der Waals surface area contributed by atoms with Gasteiger partial charge in [-0.05, 0) is 24.8 Å². The topological polar surface area (TPSA) is 54.8 Å². The zero-order valence-electron chi connectivity index (χ0n) is 17.0. The molecule has 1 aliphatic heterocycles. The van der Waals surface area contributed by atoms with E-state index in [-0.39, 0.29) is 0 Å². The van der Waals surface area contributed by atoms with Crippen LogP contribution < -0.4 is 4.90 Å². The van der Waals surface area contributed by atoms with Crippen molar-refractivity contribution in [2.24, 2.45) is 0 Å². The number of piperidine rings is 1. The molecule has 31 heavy (non-hydrogen) atoms. The van der Waals surface area contributed by atoms with Gasteiger partial charge >= 0.3 is 0 Å². The molecule has 0 unspecified atom stereocenters. The van der Waals surface area contributed by atoms with E-state index in [2.05, 4.69) is 56.5 Å². The third-order valence-corrected chi connectivity index (χ3v) is 6.99. The van der Waals surface area contributed by atoms with Crippen molar-refractivity contribution >= 4 is 37.6 Å². The van der Waals surface area contributed by atoms with Gasteiger partial charge in [-0.3, -0.25) is 0 Å². The standard InChI is InChI=1S/C25H21N5S/c1-4-10-17(11-5-1)19-20-22-23(24(27-16-26-22)30-14-8-3-9-15-30)31-25(20)29-28-21(19)18-12-6-2-7-13-18/h1-2,4-7,10-13,16H,3,8-9,14-15H2. The second-order valence-electron chi connectivity index (χ2n) is 7.86. The zero-order valence-corrected chi connectivity index (χ0v) is 17.8. The normalized spacial score (nSPS) is 14.4. The molecule has 5 aromatic rings. The molecule has 0 radical (unpaired) electrons. The minimum Gasteiger partial charge on any atom is -0.355 e. The zero-order chi connectivity index (χ0) is 20.6. The second kappa shape index (κ2) is 7.71. The smallest absolute Gasteiger partial charge is 0.150 e. The van der Waals surface area contributed by atoms with E-state index in [0.29, 0.717) is 0 Å². The van der Waals surface area contributed by atoms with E-state index in [1.54, 1.807) is 17.7 Å². The van der Waals surface area contributed by atoms with Gasteiger partial charge < -0.3 is 4.90 Å². The Kier molecular flexibility index (Phi) is 4.57. The van der Waals surface area contributed by atoms with Gasteiger partial charge in [-0.15, -0.1) is 21.5 Å². The van der Waals surface area contributed by atoms with Gasteiger partial charge in [-0.1, -0.05) is 60.7 Å². The number of benzene rings is 2. The first kappa shape index (κ1) is 18.4. The number of fused-ring (bicyclic) bond motifs is 3. The lowest BCUT2D eigenvalue weighted by molar-refractivity contribution is 0.575. The van der Waals surface area contributed by atoms with Crippen LogP contribution in [0.4, 0.5) is 5.82 Å². The third kappa shape index (κ3) is 3.15. The maximum absolute atomic E-state index is 4.75. The van der Waals surface area contributed by atoms with E-state index in [4.69, 9.17) is 4.98 Å². The van der Waals surface area contributed by atoms with Gasteiger partial charge in [0.1, 0.15) is 22.7 Å². The van der Waals surface area contributed by atoms with Gasteiger partial charge in [-0.2, -0.15) is 0 Å². The Morgan fingerprint density at radius 2 is 1.45 bits per heavy atom. The summed E-state index contributed by atoms with van der Waals surface area (Å²) >= 11 is 1.65. The molecule has 5 nitrogen and oxygen atoms in total. The Balaban J connectivity index is 1.68. The number of aromatic nitrogens is 4. The fourth-order valence-electron chi connectivity index (χ4n) is 4.46. The first-order valence-corrected chi connectivity index (χ1v) is 11.5.